The highest BCUT2D eigenvalue weighted by molar-refractivity contribution is 5.94. The number of hydrogen-bond donors (Lipinski definition) is 1. The number of aromatic nitrogens is 3. The van der Waals surface area contributed by atoms with E-state index >= 15 is 0 Å². The van der Waals surface area contributed by atoms with Gasteiger partial charge in [-0.1, -0.05) is 12.8 Å². The van der Waals surface area contributed by atoms with E-state index < -0.39 is 0 Å². The number of H-pyrrole nitrogens is 1. The van der Waals surface area contributed by atoms with Gasteiger partial charge in [0.05, 0.1) is 7.11 Å². The van der Waals surface area contributed by atoms with Crippen molar-refractivity contribution < 1.29 is 9.53 Å². The molecule has 1 saturated carbocycles. The van der Waals surface area contributed by atoms with Crippen molar-refractivity contribution in [1.82, 2.24) is 14.5 Å². The molecule has 26 heavy (non-hydrogen) atoms. The molecule has 0 spiro atoms. The Bertz CT molecular complexity index is 918. The van der Waals surface area contributed by atoms with Crippen LogP contribution in [0.2, 0.25) is 0 Å². The Balaban J connectivity index is 1.72. The molecule has 0 aliphatic heterocycles. The molecule has 1 fully saturated rings. The molecule has 1 aliphatic rings. The molecule has 5 nitrogen and oxygen atoms in total. The number of ketones is 1. The fourth-order valence-electron chi connectivity index (χ4n) is 4.37. The van der Waals surface area contributed by atoms with E-state index in [1.165, 1.54) is 31.2 Å². The minimum atomic E-state index is 0.117. The topological polar surface area (TPSA) is 59.9 Å². The van der Waals surface area contributed by atoms with E-state index in [4.69, 9.17) is 4.74 Å². The van der Waals surface area contributed by atoms with E-state index in [0.29, 0.717) is 18.2 Å². The number of aromatic amines is 1. The third kappa shape index (κ3) is 3.02. The number of nitrogens with one attached hydrogen (secondary N) is 1. The quantitative estimate of drug-likeness (QED) is 0.667. The lowest BCUT2D eigenvalue weighted by Crippen LogP contribution is -2.17. The summed E-state index contributed by atoms with van der Waals surface area (Å²) in [6, 6.07) is 6.09. The van der Waals surface area contributed by atoms with Gasteiger partial charge < -0.3 is 14.3 Å². The molecule has 4 rings (SSSR count). The standard InChI is InChI=1S/C21H25N3O2/c1-24-10-9-22-21(24)20(25)12-16(14-5-3-4-6-14)18-13-23-19-8-7-15(26-2)11-17(18)19/h7-11,13-14,16,23H,3-6,12H2,1-2H3. The van der Waals surface area contributed by atoms with Crippen LogP contribution in [-0.4, -0.2) is 27.4 Å². The van der Waals surface area contributed by atoms with Gasteiger partial charge in [-0.05, 0) is 48.4 Å². The van der Waals surface area contributed by atoms with Crippen LogP contribution in [0.1, 0.15) is 54.2 Å². The van der Waals surface area contributed by atoms with Gasteiger partial charge >= 0.3 is 0 Å². The minimum Gasteiger partial charge on any atom is -0.497 e. The molecule has 2 heterocycles. The highest BCUT2D eigenvalue weighted by Crippen LogP contribution is 2.42. The van der Waals surface area contributed by atoms with E-state index in [-0.39, 0.29) is 11.7 Å². The van der Waals surface area contributed by atoms with Crippen LogP contribution in [0.4, 0.5) is 0 Å². The zero-order valence-corrected chi connectivity index (χ0v) is 15.4. The molecule has 0 saturated heterocycles. The first-order chi connectivity index (χ1) is 12.7. The monoisotopic (exact) mass is 351 g/mol. The first-order valence-corrected chi connectivity index (χ1v) is 9.33. The smallest absolute Gasteiger partial charge is 0.198 e. The minimum absolute atomic E-state index is 0.117. The second-order valence-electron chi connectivity index (χ2n) is 7.30. The summed E-state index contributed by atoms with van der Waals surface area (Å²) < 4.78 is 7.23. The van der Waals surface area contributed by atoms with E-state index in [0.717, 1.165) is 16.7 Å². The van der Waals surface area contributed by atoms with Crippen LogP contribution < -0.4 is 4.74 Å². The van der Waals surface area contributed by atoms with Crippen LogP contribution in [0, 0.1) is 5.92 Å². The zero-order chi connectivity index (χ0) is 18.1. The van der Waals surface area contributed by atoms with Gasteiger partial charge in [0.2, 0.25) is 0 Å². The van der Waals surface area contributed by atoms with Crippen LogP contribution in [0.25, 0.3) is 10.9 Å². The maximum absolute atomic E-state index is 12.9. The average molecular weight is 351 g/mol. The summed E-state index contributed by atoms with van der Waals surface area (Å²) in [5.41, 5.74) is 2.32. The number of carbonyl (C=O) groups is 1. The second kappa shape index (κ2) is 6.98. The summed E-state index contributed by atoms with van der Waals surface area (Å²) in [7, 11) is 3.56. The molecular formula is C21H25N3O2. The van der Waals surface area contributed by atoms with E-state index in [1.807, 2.05) is 29.9 Å². The Morgan fingerprint density at radius 1 is 1.38 bits per heavy atom. The van der Waals surface area contributed by atoms with Gasteiger partial charge in [-0.15, -0.1) is 0 Å². The third-order valence-corrected chi connectivity index (χ3v) is 5.77. The van der Waals surface area contributed by atoms with Crippen LogP contribution in [0.3, 0.4) is 0 Å². The van der Waals surface area contributed by atoms with E-state index in [9.17, 15) is 4.79 Å². The van der Waals surface area contributed by atoms with Gasteiger partial charge in [0, 0.05) is 43.0 Å². The molecule has 2 aromatic heterocycles. The number of hydrogen-bond acceptors (Lipinski definition) is 3. The Hall–Kier alpha value is -2.56. The van der Waals surface area contributed by atoms with Crippen molar-refractivity contribution in [3.05, 3.63) is 48.2 Å². The summed E-state index contributed by atoms with van der Waals surface area (Å²) in [5, 5.41) is 1.16. The molecule has 136 valence electrons. The molecule has 0 radical (unpaired) electrons. The van der Waals surface area contributed by atoms with Crippen LogP contribution in [-0.2, 0) is 7.05 Å². The SMILES string of the molecule is COc1ccc2[nH]cc(C(CC(=O)c3nccn3C)C3CCCC3)c2c1. The lowest BCUT2D eigenvalue weighted by Gasteiger charge is -2.23. The fraction of sp³-hybridized carbons (Fsp3) is 0.429. The normalized spacial score (nSPS) is 16.2. The van der Waals surface area contributed by atoms with Crippen molar-refractivity contribution >= 4 is 16.7 Å². The number of benzene rings is 1. The number of carbonyl (C=O) groups excluding carboxylic acids is 1. The van der Waals surface area contributed by atoms with Crippen molar-refractivity contribution in [1.29, 1.82) is 0 Å². The lowest BCUT2D eigenvalue weighted by atomic mass is 9.81. The predicted molar refractivity (Wildman–Crippen MR) is 102 cm³/mol. The number of fused-ring (bicyclic) bond motifs is 1. The van der Waals surface area contributed by atoms with Crippen molar-refractivity contribution in [3.63, 3.8) is 0 Å². The number of rotatable bonds is 6. The molecule has 0 amide bonds. The van der Waals surface area contributed by atoms with Crippen molar-refractivity contribution in [2.45, 2.75) is 38.0 Å². The maximum atomic E-state index is 12.9. The lowest BCUT2D eigenvalue weighted by molar-refractivity contribution is 0.0951. The summed E-state index contributed by atoms with van der Waals surface area (Å²) in [6.45, 7) is 0. The van der Waals surface area contributed by atoms with Crippen LogP contribution in [0.5, 0.6) is 5.75 Å². The predicted octanol–water partition coefficient (Wildman–Crippen LogP) is 4.46. The first kappa shape index (κ1) is 16.9. The van der Waals surface area contributed by atoms with Gasteiger partial charge in [-0.2, -0.15) is 0 Å². The van der Waals surface area contributed by atoms with Gasteiger partial charge in [0.15, 0.2) is 11.6 Å². The summed E-state index contributed by atoms with van der Waals surface area (Å²) in [6.07, 6.45) is 11.0. The van der Waals surface area contributed by atoms with Crippen LogP contribution in [0.15, 0.2) is 36.8 Å². The number of ether oxygens (including phenoxy) is 1. The molecule has 1 atom stereocenters. The van der Waals surface area contributed by atoms with Crippen molar-refractivity contribution in [2.24, 2.45) is 13.0 Å². The number of imidazole rings is 1. The molecule has 3 aromatic rings. The zero-order valence-electron chi connectivity index (χ0n) is 15.4. The highest BCUT2D eigenvalue weighted by atomic mass is 16.5. The summed E-state index contributed by atoms with van der Waals surface area (Å²) in [5.74, 6) is 2.27. The Kier molecular flexibility index (Phi) is 4.53. The van der Waals surface area contributed by atoms with Gasteiger partial charge in [0.25, 0.3) is 0 Å². The van der Waals surface area contributed by atoms with Gasteiger partial charge in [-0.25, -0.2) is 4.98 Å². The molecule has 1 aliphatic carbocycles. The second-order valence-corrected chi connectivity index (χ2v) is 7.30. The number of methoxy groups -OCH3 is 1. The van der Waals surface area contributed by atoms with Gasteiger partial charge in [0.1, 0.15) is 5.75 Å². The number of nitrogens with zero attached hydrogens (tertiary/aromatic N) is 2. The maximum Gasteiger partial charge on any atom is 0.198 e. The highest BCUT2D eigenvalue weighted by Gasteiger charge is 2.31. The third-order valence-electron chi connectivity index (χ3n) is 5.77. The summed E-state index contributed by atoms with van der Waals surface area (Å²) >= 11 is 0. The Labute approximate surface area is 153 Å². The molecule has 0 bridgehead atoms. The van der Waals surface area contributed by atoms with Crippen molar-refractivity contribution in [2.75, 3.05) is 7.11 Å². The average Bonchev–Trinajstić information content (AvgIpc) is 3.39. The fourth-order valence-corrected chi connectivity index (χ4v) is 4.37. The summed E-state index contributed by atoms with van der Waals surface area (Å²) in [4.78, 5) is 20.6. The number of aryl methyl sites for hydroxylation is 1. The Morgan fingerprint density at radius 2 is 2.19 bits per heavy atom. The van der Waals surface area contributed by atoms with Crippen LogP contribution >= 0.6 is 0 Å². The molecule has 1 aromatic carbocycles. The first-order valence-electron chi connectivity index (χ1n) is 9.33. The Morgan fingerprint density at radius 3 is 2.88 bits per heavy atom. The largest absolute Gasteiger partial charge is 0.497 e. The van der Waals surface area contributed by atoms with E-state index in [1.54, 1.807) is 13.3 Å². The van der Waals surface area contributed by atoms with E-state index in [2.05, 4.69) is 22.2 Å². The number of Topliss-reactive ketones (excluding diaryl/α,β-unsaturated/α-hetero) is 1. The van der Waals surface area contributed by atoms with Gasteiger partial charge in [-0.3, -0.25) is 4.79 Å². The molecule has 1 N–H and O–H groups in total. The molecule has 5 heteroatoms. The van der Waals surface area contributed by atoms with Crippen molar-refractivity contribution in [3.8, 4) is 5.75 Å². The molecular weight excluding hydrogens is 326 g/mol. The molecule has 1 unspecified atom stereocenters.